The van der Waals surface area contributed by atoms with Gasteiger partial charge in [0.1, 0.15) is 6.33 Å². The molecule has 3 nitrogen and oxygen atoms in total. The average molecular weight is 244 g/mol. The highest BCUT2D eigenvalue weighted by atomic mass is 35.5. The fourth-order valence-electron chi connectivity index (χ4n) is 1.89. The van der Waals surface area contributed by atoms with Gasteiger partial charge in [-0.05, 0) is 25.7 Å². The van der Waals surface area contributed by atoms with Crippen molar-refractivity contribution in [2.24, 2.45) is 0 Å². The largest absolute Gasteiger partial charge is 0.361 e. The number of hydrogen-bond donors (Lipinski definition) is 1. The summed E-state index contributed by atoms with van der Waals surface area (Å²) in [6.45, 7) is 1.87. The molecule has 1 aliphatic carbocycles. The van der Waals surface area contributed by atoms with E-state index in [1.807, 2.05) is 6.92 Å². The van der Waals surface area contributed by atoms with Gasteiger partial charge in [-0.1, -0.05) is 6.92 Å². The second-order valence-corrected chi connectivity index (χ2v) is 4.50. The highest BCUT2D eigenvalue weighted by Crippen LogP contribution is 2.36. The van der Waals surface area contributed by atoms with Crippen LogP contribution in [0, 0.1) is 5.82 Å². The number of aromatic nitrogens is 2. The van der Waals surface area contributed by atoms with Gasteiger partial charge in [0.05, 0.1) is 11.2 Å². The minimum absolute atomic E-state index is 0.165. The molecule has 0 radical (unpaired) electrons. The zero-order chi connectivity index (χ0) is 11.6. The minimum atomic E-state index is -0.346. The van der Waals surface area contributed by atoms with Crippen LogP contribution in [-0.2, 0) is 6.42 Å². The first-order valence-electron chi connectivity index (χ1n) is 5.54. The zero-order valence-corrected chi connectivity index (χ0v) is 10.0. The normalized spacial score (nSPS) is 17.9. The van der Waals surface area contributed by atoms with Crippen molar-refractivity contribution < 1.29 is 4.39 Å². The van der Waals surface area contributed by atoms with Crippen LogP contribution >= 0.6 is 11.6 Å². The number of rotatable bonds is 4. The second-order valence-electron chi connectivity index (χ2n) is 4.23. The van der Waals surface area contributed by atoms with Gasteiger partial charge < -0.3 is 5.32 Å². The molecule has 1 saturated carbocycles. The Bertz CT molecular complexity index is 374. The Morgan fingerprint density at radius 1 is 1.50 bits per heavy atom. The quantitative estimate of drug-likeness (QED) is 0.827. The Balaban J connectivity index is 2.21. The van der Waals surface area contributed by atoms with E-state index < -0.39 is 0 Å². The number of hydrogen-bond acceptors (Lipinski definition) is 3. The van der Waals surface area contributed by atoms with Crippen LogP contribution in [0.3, 0.4) is 0 Å². The van der Waals surface area contributed by atoms with Gasteiger partial charge in [-0.15, -0.1) is 11.6 Å². The first-order valence-corrected chi connectivity index (χ1v) is 6.08. The maximum Gasteiger partial charge on any atom is 0.186 e. The van der Waals surface area contributed by atoms with E-state index in [2.05, 4.69) is 15.3 Å². The highest BCUT2D eigenvalue weighted by Gasteiger charge is 2.37. The van der Waals surface area contributed by atoms with Crippen molar-refractivity contribution in [3.05, 3.63) is 17.8 Å². The van der Waals surface area contributed by atoms with E-state index in [0.717, 1.165) is 19.3 Å². The van der Waals surface area contributed by atoms with Crippen LogP contribution in [0.5, 0.6) is 0 Å². The lowest BCUT2D eigenvalue weighted by Crippen LogP contribution is -2.47. The van der Waals surface area contributed by atoms with Crippen molar-refractivity contribution in [3.63, 3.8) is 0 Å². The lowest BCUT2D eigenvalue weighted by atomic mass is 9.78. The molecule has 0 atom stereocenters. The number of alkyl halides is 1. The van der Waals surface area contributed by atoms with Gasteiger partial charge in [0.25, 0.3) is 0 Å². The molecule has 0 saturated heterocycles. The monoisotopic (exact) mass is 243 g/mol. The van der Waals surface area contributed by atoms with Gasteiger partial charge in [-0.3, -0.25) is 0 Å². The van der Waals surface area contributed by atoms with Crippen LogP contribution < -0.4 is 5.32 Å². The van der Waals surface area contributed by atoms with Gasteiger partial charge >= 0.3 is 0 Å². The summed E-state index contributed by atoms with van der Waals surface area (Å²) in [4.78, 5) is 7.84. The molecule has 1 N–H and O–H groups in total. The zero-order valence-electron chi connectivity index (χ0n) is 9.26. The molecule has 88 valence electrons. The molecule has 1 aromatic rings. The van der Waals surface area contributed by atoms with Crippen molar-refractivity contribution in [3.8, 4) is 0 Å². The van der Waals surface area contributed by atoms with E-state index in [9.17, 15) is 4.39 Å². The Hall–Kier alpha value is -0.900. The van der Waals surface area contributed by atoms with Crippen molar-refractivity contribution in [1.29, 1.82) is 0 Å². The van der Waals surface area contributed by atoms with Crippen LogP contribution in [0.25, 0.3) is 0 Å². The van der Waals surface area contributed by atoms with Crippen molar-refractivity contribution in [2.75, 3.05) is 11.2 Å². The standard InChI is InChI=1S/C11H15ClFN3/c1-2-8-9(13)10(15-7-14-8)16-11(6-12)4-3-5-11/h7H,2-6H2,1H3,(H,14,15,16). The van der Waals surface area contributed by atoms with Gasteiger partial charge in [0.2, 0.25) is 0 Å². The molecule has 1 heterocycles. The maximum absolute atomic E-state index is 13.9. The summed E-state index contributed by atoms with van der Waals surface area (Å²) in [5.74, 6) is 0.423. The molecular weight excluding hydrogens is 229 g/mol. The summed E-state index contributed by atoms with van der Waals surface area (Å²) >= 11 is 5.91. The van der Waals surface area contributed by atoms with E-state index in [0.29, 0.717) is 18.0 Å². The van der Waals surface area contributed by atoms with Gasteiger partial charge in [-0.2, -0.15) is 0 Å². The Labute approximate surface area is 99.4 Å². The predicted molar refractivity (Wildman–Crippen MR) is 62.3 cm³/mol. The SMILES string of the molecule is CCc1ncnc(NC2(CCl)CCC2)c1F. The fraction of sp³-hybridized carbons (Fsp3) is 0.636. The lowest BCUT2D eigenvalue weighted by Gasteiger charge is -2.41. The van der Waals surface area contributed by atoms with E-state index in [-0.39, 0.29) is 17.2 Å². The van der Waals surface area contributed by atoms with E-state index in [4.69, 9.17) is 11.6 Å². The molecule has 5 heteroatoms. The minimum Gasteiger partial charge on any atom is -0.361 e. The molecule has 1 aliphatic rings. The highest BCUT2D eigenvalue weighted by molar-refractivity contribution is 6.19. The Kier molecular flexibility index (Phi) is 3.28. The van der Waals surface area contributed by atoms with Crippen LogP contribution in [-0.4, -0.2) is 21.4 Å². The average Bonchev–Trinajstić information content (AvgIpc) is 2.25. The predicted octanol–water partition coefficient (Wildman–Crippen LogP) is 2.75. The van der Waals surface area contributed by atoms with Gasteiger partial charge in [0, 0.05) is 5.88 Å². The molecule has 1 fully saturated rings. The number of nitrogens with one attached hydrogen (secondary N) is 1. The Morgan fingerprint density at radius 2 is 2.25 bits per heavy atom. The molecule has 2 rings (SSSR count). The van der Waals surface area contributed by atoms with E-state index in [1.54, 1.807) is 0 Å². The van der Waals surface area contributed by atoms with Crippen LogP contribution in [0.1, 0.15) is 31.9 Å². The van der Waals surface area contributed by atoms with Crippen molar-refractivity contribution in [1.82, 2.24) is 9.97 Å². The smallest absolute Gasteiger partial charge is 0.186 e. The van der Waals surface area contributed by atoms with Crippen molar-refractivity contribution in [2.45, 2.75) is 38.1 Å². The van der Waals surface area contributed by atoms with Crippen LogP contribution in [0.15, 0.2) is 6.33 Å². The second kappa shape index (κ2) is 4.53. The topological polar surface area (TPSA) is 37.8 Å². The Morgan fingerprint density at radius 3 is 2.75 bits per heavy atom. The third-order valence-electron chi connectivity index (χ3n) is 3.15. The molecule has 0 bridgehead atoms. The molecule has 16 heavy (non-hydrogen) atoms. The first kappa shape index (κ1) is 11.6. The summed E-state index contributed by atoms with van der Waals surface area (Å²) in [6.07, 6.45) is 5.04. The van der Waals surface area contributed by atoms with Crippen LogP contribution in [0.4, 0.5) is 10.2 Å². The summed E-state index contributed by atoms with van der Waals surface area (Å²) in [7, 11) is 0. The lowest BCUT2D eigenvalue weighted by molar-refractivity contribution is 0.308. The maximum atomic E-state index is 13.9. The van der Waals surface area contributed by atoms with Gasteiger partial charge in [-0.25, -0.2) is 14.4 Å². The molecule has 0 amide bonds. The number of anilines is 1. The summed E-state index contributed by atoms with van der Waals surface area (Å²) in [6, 6.07) is 0. The number of aryl methyl sites for hydroxylation is 1. The van der Waals surface area contributed by atoms with Crippen LogP contribution in [0.2, 0.25) is 0 Å². The summed E-state index contributed by atoms with van der Waals surface area (Å²) < 4.78 is 13.9. The molecule has 0 aromatic carbocycles. The summed E-state index contributed by atoms with van der Waals surface area (Å²) in [5, 5.41) is 3.13. The molecule has 1 aromatic heterocycles. The first-order chi connectivity index (χ1) is 7.71. The molecule has 0 spiro atoms. The van der Waals surface area contributed by atoms with Crippen molar-refractivity contribution >= 4 is 17.4 Å². The fourth-order valence-corrected chi connectivity index (χ4v) is 2.22. The third kappa shape index (κ3) is 1.98. The van der Waals surface area contributed by atoms with E-state index in [1.165, 1.54) is 6.33 Å². The molecule has 0 unspecified atom stereocenters. The van der Waals surface area contributed by atoms with Gasteiger partial charge in [0.15, 0.2) is 11.6 Å². The number of nitrogens with zero attached hydrogens (tertiary/aromatic N) is 2. The third-order valence-corrected chi connectivity index (χ3v) is 3.66. The molecule has 0 aliphatic heterocycles. The number of halogens is 2. The molecular formula is C11H15ClFN3. The van der Waals surface area contributed by atoms with E-state index >= 15 is 0 Å². The summed E-state index contributed by atoms with van der Waals surface area (Å²) in [5.41, 5.74) is 0.281.